The number of carbonyl (C=O) groups excluding carboxylic acids is 2. The van der Waals surface area contributed by atoms with Crippen molar-refractivity contribution in [1.29, 1.82) is 0 Å². The predicted molar refractivity (Wildman–Crippen MR) is 194 cm³/mol. The summed E-state index contributed by atoms with van der Waals surface area (Å²) in [5, 5.41) is 27.7. The summed E-state index contributed by atoms with van der Waals surface area (Å²) in [5.74, 6) is -3.51. The van der Waals surface area contributed by atoms with Crippen molar-refractivity contribution in [2.24, 2.45) is 22.9 Å². The third-order valence-corrected chi connectivity index (χ3v) is 11.4. The second-order valence-corrected chi connectivity index (χ2v) is 15.1. The average Bonchev–Trinajstić information content (AvgIpc) is 3.43. The van der Waals surface area contributed by atoms with E-state index in [1.807, 2.05) is 39.0 Å². The zero-order chi connectivity index (χ0) is 38.1. The number of aliphatic hydroxyl groups is 2. The van der Waals surface area contributed by atoms with Crippen LogP contribution in [0.25, 0.3) is 0 Å². The molecular formula is C41H53NO11. The summed E-state index contributed by atoms with van der Waals surface area (Å²) in [4.78, 5) is 33.1. The third-order valence-electron chi connectivity index (χ3n) is 11.4. The van der Waals surface area contributed by atoms with Crippen molar-refractivity contribution in [3.05, 3.63) is 83.0 Å². The molecule has 7 unspecified atom stereocenters. The SMILES string of the molecule is CO/N=C(/C(=O)OC1/C(C)=C/CC2CC(CC3(CC[C@H](C)C(C)O3)O2)OC(=O)C2C=C(C)[C@@H](O)C3O[C@@H](OC)/C(=C\C=C\[C@@H]1C)[C@@]23O)c1ccccc1. The molecule has 3 saturated heterocycles. The number of allylic oxidation sites excluding steroid dienone is 2. The minimum absolute atomic E-state index is 0.0240. The normalized spacial score (nSPS) is 41.9. The second-order valence-electron chi connectivity index (χ2n) is 15.1. The summed E-state index contributed by atoms with van der Waals surface area (Å²) >= 11 is 0. The molecule has 0 aromatic heterocycles. The van der Waals surface area contributed by atoms with E-state index in [0.29, 0.717) is 42.7 Å². The molecule has 2 N–H and O–H groups in total. The smallest absolute Gasteiger partial charge is 0.361 e. The first-order valence-corrected chi connectivity index (χ1v) is 18.6. The highest BCUT2D eigenvalue weighted by Gasteiger charge is 2.63. The van der Waals surface area contributed by atoms with E-state index in [4.69, 9.17) is 33.3 Å². The van der Waals surface area contributed by atoms with Crippen LogP contribution in [0.5, 0.6) is 0 Å². The van der Waals surface area contributed by atoms with Gasteiger partial charge in [-0.1, -0.05) is 79.7 Å². The standard InChI is InChI=1S/C41H53NO11/c1-23-18-19-40(52-27(23)5)22-30-21-29(53-40)17-16-25(3)35(50-38(45)33(42-48-7)28-13-9-8-10-14-28)24(2)12-11-15-31-39(47-6)51-36-34(43)26(4)20-32(37(44)49-30)41(31,36)46/h8-16,20,23-24,27,29-30,32,34-36,39,43,46H,17-19,21-22H2,1-7H3/b12-11+,25-16+,31-15+,42-33+/t23-,24-,27?,29?,30?,32?,34+,35?,36?,39+,40?,41+/m0/s1. The van der Waals surface area contributed by atoms with Crippen LogP contribution in [0, 0.1) is 17.8 Å². The molecule has 6 rings (SSSR count). The maximum absolute atomic E-state index is 14.2. The number of aliphatic hydroxyl groups excluding tert-OH is 1. The molecule has 5 aliphatic rings. The van der Waals surface area contributed by atoms with Crippen LogP contribution in [-0.4, -0.2) is 96.4 Å². The Balaban J connectivity index is 1.42. The second kappa shape index (κ2) is 16.0. The summed E-state index contributed by atoms with van der Waals surface area (Å²) in [6.07, 6.45) is 6.16. The van der Waals surface area contributed by atoms with Gasteiger partial charge in [-0.15, -0.1) is 0 Å². The van der Waals surface area contributed by atoms with Crippen molar-refractivity contribution in [1.82, 2.24) is 0 Å². The molecule has 12 atom stereocenters. The van der Waals surface area contributed by atoms with Gasteiger partial charge in [-0.05, 0) is 50.7 Å². The van der Waals surface area contributed by atoms with Crippen LogP contribution in [0.2, 0.25) is 0 Å². The van der Waals surface area contributed by atoms with Crippen molar-refractivity contribution in [2.75, 3.05) is 14.2 Å². The minimum Gasteiger partial charge on any atom is -0.462 e. The summed E-state index contributed by atoms with van der Waals surface area (Å²) in [6, 6.07) is 8.95. The Morgan fingerprint density at radius 1 is 1.04 bits per heavy atom. The molecule has 1 aromatic carbocycles. The van der Waals surface area contributed by atoms with Crippen LogP contribution in [-0.2, 0) is 42.8 Å². The fraction of sp³-hybridized carbons (Fsp3) is 0.585. The van der Waals surface area contributed by atoms with Crippen LogP contribution >= 0.6 is 0 Å². The van der Waals surface area contributed by atoms with Gasteiger partial charge in [0.05, 0.1) is 12.2 Å². The summed E-state index contributed by atoms with van der Waals surface area (Å²) in [5.41, 5.74) is 0.0890. The first kappa shape index (κ1) is 39.1. The van der Waals surface area contributed by atoms with E-state index in [1.54, 1.807) is 49.4 Å². The number of hydrogen-bond donors (Lipinski definition) is 2. The zero-order valence-electron chi connectivity index (χ0n) is 31.6. The quantitative estimate of drug-likeness (QED) is 0.180. The van der Waals surface area contributed by atoms with E-state index >= 15 is 0 Å². The molecule has 0 amide bonds. The molecule has 2 bridgehead atoms. The Morgan fingerprint density at radius 2 is 1.79 bits per heavy atom. The average molecular weight is 736 g/mol. The van der Waals surface area contributed by atoms with Crippen molar-refractivity contribution in [2.45, 2.75) is 121 Å². The van der Waals surface area contributed by atoms with Gasteiger partial charge >= 0.3 is 11.9 Å². The number of ether oxygens (including phenoxy) is 6. The highest BCUT2D eigenvalue weighted by atomic mass is 16.7. The highest BCUT2D eigenvalue weighted by molar-refractivity contribution is 6.43. The number of nitrogens with zero attached hydrogens (tertiary/aromatic N) is 1. The first-order valence-electron chi connectivity index (χ1n) is 18.6. The van der Waals surface area contributed by atoms with Crippen LogP contribution in [0.3, 0.4) is 0 Å². The molecule has 4 heterocycles. The van der Waals surface area contributed by atoms with Crippen LogP contribution in [0.1, 0.15) is 72.3 Å². The monoisotopic (exact) mass is 735 g/mol. The molecule has 288 valence electrons. The van der Waals surface area contributed by atoms with Gasteiger partial charge in [-0.2, -0.15) is 0 Å². The van der Waals surface area contributed by atoms with Gasteiger partial charge in [0.15, 0.2) is 17.8 Å². The predicted octanol–water partition coefficient (Wildman–Crippen LogP) is 5.08. The Kier molecular flexibility index (Phi) is 11.8. The van der Waals surface area contributed by atoms with Crippen LogP contribution < -0.4 is 0 Å². The lowest BCUT2D eigenvalue weighted by molar-refractivity contribution is -0.332. The third kappa shape index (κ3) is 7.81. The Bertz CT molecular complexity index is 1670. The lowest BCUT2D eigenvalue weighted by atomic mass is 9.70. The lowest BCUT2D eigenvalue weighted by Crippen LogP contribution is -2.58. The fourth-order valence-corrected chi connectivity index (χ4v) is 8.28. The van der Waals surface area contributed by atoms with Crippen molar-refractivity contribution in [3.63, 3.8) is 0 Å². The van der Waals surface area contributed by atoms with E-state index in [2.05, 4.69) is 12.1 Å². The van der Waals surface area contributed by atoms with Gasteiger partial charge in [0, 0.05) is 43.4 Å². The maximum Gasteiger partial charge on any atom is 0.361 e. The van der Waals surface area contributed by atoms with Gasteiger partial charge in [0.1, 0.15) is 43.0 Å². The number of benzene rings is 1. The number of oxime groups is 1. The van der Waals surface area contributed by atoms with Crippen molar-refractivity contribution in [3.8, 4) is 0 Å². The van der Waals surface area contributed by atoms with Gasteiger partial charge in [-0.3, -0.25) is 4.79 Å². The van der Waals surface area contributed by atoms with E-state index in [1.165, 1.54) is 14.2 Å². The van der Waals surface area contributed by atoms with Crippen molar-refractivity contribution >= 4 is 17.7 Å². The van der Waals surface area contributed by atoms with Gasteiger partial charge in [0.25, 0.3) is 0 Å². The number of esters is 2. The molecule has 1 aliphatic carbocycles. The van der Waals surface area contributed by atoms with E-state index in [0.717, 1.165) is 12.0 Å². The number of carbonyl (C=O) groups is 2. The van der Waals surface area contributed by atoms with Gasteiger partial charge < -0.3 is 43.5 Å². The van der Waals surface area contributed by atoms with Crippen LogP contribution in [0.15, 0.2) is 82.6 Å². The molecule has 53 heavy (non-hydrogen) atoms. The van der Waals surface area contributed by atoms with Crippen molar-refractivity contribution < 1.29 is 53.1 Å². The molecule has 1 aromatic rings. The summed E-state index contributed by atoms with van der Waals surface area (Å²) in [6.45, 7) is 9.69. The van der Waals surface area contributed by atoms with Gasteiger partial charge in [-0.25, -0.2) is 4.79 Å². The number of methoxy groups -OCH3 is 1. The first-order chi connectivity index (χ1) is 25.3. The Labute approximate surface area is 311 Å². The molecule has 0 saturated carbocycles. The highest BCUT2D eigenvalue weighted by Crippen LogP contribution is 2.49. The molecule has 4 aliphatic heterocycles. The van der Waals surface area contributed by atoms with E-state index in [9.17, 15) is 19.8 Å². The summed E-state index contributed by atoms with van der Waals surface area (Å²) < 4.78 is 37.5. The topological polar surface area (TPSA) is 152 Å². The molecule has 12 heteroatoms. The molecular weight excluding hydrogens is 682 g/mol. The Morgan fingerprint density at radius 3 is 2.49 bits per heavy atom. The number of fused-ring (bicyclic) bond motifs is 2. The number of hydrogen-bond acceptors (Lipinski definition) is 12. The van der Waals surface area contributed by atoms with E-state index < -0.39 is 66.1 Å². The molecule has 3 fully saturated rings. The van der Waals surface area contributed by atoms with Crippen LogP contribution in [0.4, 0.5) is 0 Å². The molecule has 12 nitrogen and oxygen atoms in total. The molecule has 1 spiro atoms. The molecule has 0 radical (unpaired) electrons. The number of rotatable bonds is 5. The maximum atomic E-state index is 14.2. The zero-order valence-corrected chi connectivity index (χ0v) is 31.6. The van der Waals surface area contributed by atoms with E-state index in [-0.39, 0.29) is 23.3 Å². The fourth-order valence-electron chi connectivity index (χ4n) is 8.28. The largest absolute Gasteiger partial charge is 0.462 e. The lowest BCUT2D eigenvalue weighted by Gasteiger charge is -2.49. The summed E-state index contributed by atoms with van der Waals surface area (Å²) in [7, 11) is 2.80. The Hall–Kier alpha value is -3.65. The van der Waals surface area contributed by atoms with Gasteiger partial charge in [0.2, 0.25) is 0 Å². The minimum atomic E-state index is -1.99.